The van der Waals surface area contributed by atoms with Crippen LogP contribution in [0, 0.1) is 0 Å². The van der Waals surface area contributed by atoms with Crippen molar-refractivity contribution in [2.24, 2.45) is 0 Å². The van der Waals surface area contributed by atoms with Crippen molar-refractivity contribution in [3.63, 3.8) is 0 Å². The molecule has 0 spiro atoms. The van der Waals surface area contributed by atoms with Gasteiger partial charge < -0.3 is 19.5 Å². The van der Waals surface area contributed by atoms with Gasteiger partial charge >= 0.3 is 13.1 Å². The summed E-state index contributed by atoms with van der Waals surface area (Å²) in [6, 6.07) is 7.53. The van der Waals surface area contributed by atoms with Crippen LogP contribution < -0.4 is 10.8 Å². The molecule has 1 aliphatic heterocycles. The zero-order chi connectivity index (χ0) is 17.3. The highest BCUT2D eigenvalue weighted by Gasteiger charge is 2.51. The van der Waals surface area contributed by atoms with E-state index in [1.165, 1.54) is 0 Å². The maximum Gasteiger partial charge on any atom is 0.494 e. The summed E-state index contributed by atoms with van der Waals surface area (Å²) in [4.78, 5) is 13.8. The minimum Gasteiger partial charge on any atom is -0.399 e. The summed E-state index contributed by atoms with van der Waals surface area (Å²) in [5, 5.41) is 2.90. The van der Waals surface area contributed by atoms with Crippen LogP contribution in [-0.4, -0.2) is 42.3 Å². The van der Waals surface area contributed by atoms with E-state index in [9.17, 15) is 4.79 Å². The van der Waals surface area contributed by atoms with Crippen molar-refractivity contribution < 1.29 is 14.1 Å². The fourth-order valence-electron chi connectivity index (χ4n) is 2.42. The Morgan fingerprint density at radius 2 is 1.52 bits per heavy atom. The van der Waals surface area contributed by atoms with Crippen molar-refractivity contribution in [1.82, 2.24) is 4.90 Å². The first-order valence-electron chi connectivity index (χ1n) is 8.21. The molecule has 1 fully saturated rings. The third kappa shape index (κ3) is 3.70. The fraction of sp³-hybridized carbons (Fsp3) is 0.588. The summed E-state index contributed by atoms with van der Waals surface area (Å²) >= 11 is 0. The Kier molecular flexibility index (Phi) is 5.06. The molecule has 5 nitrogen and oxygen atoms in total. The second-order valence-corrected chi connectivity index (χ2v) is 6.81. The Morgan fingerprint density at radius 3 is 1.96 bits per heavy atom. The van der Waals surface area contributed by atoms with Crippen LogP contribution in [-0.2, 0) is 9.31 Å². The van der Waals surface area contributed by atoms with Crippen LogP contribution in [0.1, 0.15) is 41.5 Å². The summed E-state index contributed by atoms with van der Waals surface area (Å²) in [6.45, 7) is 13.4. The van der Waals surface area contributed by atoms with E-state index in [1.54, 1.807) is 4.90 Å². The quantitative estimate of drug-likeness (QED) is 0.869. The molecule has 1 saturated heterocycles. The first-order valence-corrected chi connectivity index (χ1v) is 8.21. The second-order valence-electron chi connectivity index (χ2n) is 6.81. The van der Waals surface area contributed by atoms with Gasteiger partial charge in [0.2, 0.25) is 0 Å². The van der Waals surface area contributed by atoms with E-state index in [1.807, 2.05) is 65.8 Å². The zero-order valence-corrected chi connectivity index (χ0v) is 15.0. The van der Waals surface area contributed by atoms with Crippen LogP contribution in [0.4, 0.5) is 10.5 Å². The van der Waals surface area contributed by atoms with Crippen LogP contribution in [0.3, 0.4) is 0 Å². The molecular weight excluding hydrogens is 291 g/mol. The van der Waals surface area contributed by atoms with Gasteiger partial charge in [-0.3, -0.25) is 0 Å². The molecule has 0 bridgehead atoms. The van der Waals surface area contributed by atoms with Crippen LogP contribution >= 0.6 is 0 Å². The lowest BCUT2D eigenvalue weighted by molar-refractivity contribution is 0.00578. The monoisotopic (exact) mass is 318 g/mol. The van der Waals surface area contributed by atoms with E-state index < -0.39 is 0 Å². The SMILES string of the molecule is CCN(CC)C(=O)Nc1ccc(B2OC(C)(C)C(C)(C)O2)cc1. The van der Waals surface area contributed by atoms with Gasteiger partial charge in [-0.15, -0.1) is 0 Å². The van der Waals surface area contributed by atoms with Crippen molar-refractivity contribution in [2.75, 3.05) is 18.4 Å². The van der Waals surface area contributed by atoms with Crippen LogP contribution in [0.15, 0.2) is 24.3 Å². The van der Waals surface area contributed by atoms with Gasteiger partial charge in [0.25, 0.3) is 0 Å². The molecule has 0 aromatic heterocycles. The van der Waals surface area contributed by atoms with Gasteiger partial charge in [-0.05, 0) is 59.1 Å². The average molecular weight is 318 g/mol. The molecule has 23 heavy (non-hydrogen) atoms. The fourth-order valence-corrected chi connectivity index (χ4v) is 2.42. The number of urea groups is 1. The number of carbonyl (C=O) groups excluding carboxylic acids is 1. The number of hydrogen-bond donors (Lipinski definition) is 1. The summed E-state index contributed by atoms with van der Waals surface area (Å²) in [7, 11) is -0.382. The van der Waals surface area contributed by atoms with Gasteiger partial charge in [0.15, 0.2) is 0 Å². The molecule has 1 aliphatic rings. The molecule has 1 aromatic carbocycles. The first kappa shape index (κ1) is 17.8. The van der Waals surface area contributed by atoms with Crippen molar-refractivity contribution in [3.05, 3.63) is 24.3 Å². The average Bonchev–Trinajstić information content (AvgIpc) is 2.69. The van der Waals surface area contributed by atoms with E-state index in [4.69, 9.17) is 9.31 Å². The molecule has 6 heteroatoms. The highest BCUT2D eigenvalue weighted by atomic mass is 16.7. The number of amides is 2. The second kappa shape index (κ2) is 6.53. The molecule has 0 atom stereocenters. The zero-order valence-electron chi connectivity index (χ0n) is 15.0. The van der Waals surface area contributed by atoms with Gasteiger partial charge in [0, 0.05) is 18.8 Å². The normalized spacial score (nSPS) is 18.8. The Bertz CT molecular complexity index is 537. The third-order valence-electron chi connectivity index (χ3n) is 4.74. The summed E-state index contributed by atoms with van der Waals surface area (Å²) in [5.74, 6) is 0. The van der Waals surface area contributed by atoms with E-state index in [2.05, 4.69) is 5.32 Å². The maximum atomic E-state index is 12.1. The molecule has 2 rings (SSSR count). The Hall–Kier alpha value is -1.53. The molecule has 126 valence electrons. The Morgan fingerprint density at radius 1 is 1.04 bits per heavy atom. The minimum absolute atomic E-state index is 0.0848. The summed E-state index contributed by atoms with van der Waals surface area (Å²) < 4.78 is 12.1. The van der Waals surface area contributed by atoms with Crippen LogP contribution in [0.25, 0.3) is 0 Å². The van der Waals surface area contributed by atoms with Crippen molar-refractivity contribution in [1.29, 1.82) is 0 Å². The number of nitrogens with zero attached hydrogens (tertiary/aromatic N) is 1. The molecular formula is C17H27BN2O3. The van der Waals surface area contributed by atoms with E-state index in [0.717, 1.165) is 11.2 Å². The third-order valence-corrected chi connectivity index (χ3v) is 4.74. The van der Waals surface area contributed by atoms with Gasteiger partial charge in [-0.25, -0.2) is 4.79 Å². The molecule has 0 radical (unpaired) electrons. The lowest BCUT2D eigenvalue weighted by Gasteiger charge is -2.32. The molecule has 1 N–H and O–H groups in total. The van der Waals surface area contributed by atoms with E-state index >= 15 is 0 Å². The number of carbonyl (C=O) groups is 1. The van der Waals surface area contributed by atoms with Crippen molar-refractivity contribution in [2.45, 2.75) is 52.7 Å². The van der Waals surface area contributed by atoms with Crippen LogP contribution in [0.5, 0.6) is 0 Å². The number of nitrogens with one attached hydrogen (secondary N) is 1. The predicted molar refractivity (Wildman–Crippen MR) is 94.1 cm³/mol. The van der Waals surface area contributed by atoms with Gasteiger partial charge in [-0.1, -0.05) is 12.1 Å². The number of benzene rings is 1. The van der Waals surface area contributed by atoms with Gasteiger partial charge in [0.05, 0.1) is 11.2 Å². The van der Waals surface area contributed by atoms with Crippen molar-refractivity contribution in [3.8, 4) is 0 Å². The van der Waals surface area contributed by atoms with Crippen LogP contribution in [0.2, 0.25) is 0 Å². The molecule has 0 saturated carbocycles. The minimum atomic E-state index is -0.382. The predicted octanol–water partition coefficient (Wildman–Crippen LogP) is 2.86. The number of anilines is 1. The largest absolute Gasteiger partial charge is 0.494 e. The Balaban J connectivity index is 2.05. The summed E-state index contributed by atoms with van der Waals surface area (Å²) in [5.41, 5.74) is 1.01. The molecule has 1 heterocycles. The molecule has 2 amide bonds. The maximum absolute atomic E-state index is 12.1. The molecule has 0 unspecified atom stereocenters. The smallest absolute Gasteiger partial charge is 0.399 e. The highest BCUT2D eigenvalue weighted by Crippen LogP contribution is 2.36. The van der Waals surface area contributed by atoms with Gasteiger partial charge in [0.1, 0.15) is 0 Å². The summed E-state index contributed by atoms with van der Waals surface area (Å²) in [6.07, 6.45) is 0. The lowest BCUT2D eigenvalue weighted by Crippen LogP contribution is -2.41. The first-order chi connectivity index (χ1) is 10.7. The topological polar surface area (TPSA) is 50.8 Å². The lowest BCUT2D eigenvalue weighted by atomic mass is 9.79. The van der Waals surface area contributed by atoms with Crippen molar-refractivity contribution >= 4 is 24.3 Å². The number of rotatable bonds is 4. The molecule has 0 aliphatic carbocycles. The van der Waals surface area contributed by atoms with E-state index in [0.29, 0.717) is 13.1 Å². The van der Waals surface area contributed by atoms with E-state index in [-0.39, 0.29) is 24.4 Å². The number of hydrogen-bond acceptors (Lipinski definition) is 3. The highest BCUT2D eigenvalue weighted by molar-refractivity contribution is 6.62. The standard InChI is InChI=1S/C17H27BN2O3/c1-7-20(8-2)15(21)19-14-11-9-13(10-12-14)18-22-16(3,4)17(5,6)23-18/h9-12H,7-8H2,1-6H3,(H,19,21). The van der Waals surface area contributed by atoms with Gasteiger partial charge in [-0.2, -0.15) is 0 Å². The Labute approximate surface area is 139 Å². The molecule has 1 aromatic rings.